The van der Waals surface area contributed by atoms with Gasteiger partial charge in [-0.25, -0.2) is 4.79 Å². The van der Waals surface area contributed by atoms with E-state index in [1.54, 1.807) is 36.2 Å². The number of rotatable bonds is 10. The quantitative estimate of drug-likeness (QED) is 0.502. The molecule has 33 heavy (non-hydrogen) atoms. The fraction of sp³-hybridized carbons (Fsp3) is 0.400. The third kappa shape index (κ3) is 6.87. The summed E-state index contributed by atoms with van der Waals surface area (Å²) in [6.07, 6.45) is 0.609. The number of carboxylic acids is 1. The molecular weight excluding hydrogens is 422 g/mol. The zero-order valence-electron chi connectivity index (χ0n) is 18.8. The number of benzene rings is 2. The molecule has 3 atom stereocenters. The summed E-state index contributed by atoms with van der Waals surface area (Å²) in [4.78, 5) is 39.8. The molecule has 0 bridgehead atoms. The van der Waals surface area contributed by atoms with Gasteiger partial charge in [0.2, 0.25) is 5.91 Å². The first-order chi connectivity index (χ1) is 15.8. The molecule has 1 fully saturated rings. The second kappa shape index (κ2) is 11.6. The number of likely N-dealkylation sites (tertiary alicyclic amines) is 1. The Morgan fingerprint density at radius 3 is 2.36 bits per heavy atom. The molecule has 2 unspecified atom stereocenters. The van der Waals surface area contributed by atoms with Crippen LogP contribution in [0.15, 0.2) is 60.7 Å². The Morgan fingerprint density at radius 1 is 1.09 bits per heavy atom. The summed E-state index contributed by atoms with van der Waals surface area (Å²) in [7, 11) is 1.70. The maximum Gasteiger partial charge on any atom is 0.326 e. The third-order valence-corrected chi connectivity index (χ3v) is 5.88. The van der Waals surface area contributed by atoms with Crippen molar-refractivity contribution in [3.8, 4) is 0 Å². The number of carbonyl (C=O) groups is 3. The number of hydrogen-bond acceptors (Lipinski definition) is 5. The van der Waals surface area contributed by atoms with E-state index in [-0.39, 0.29) is 24.9 Å². The first-order valence-electron chi connectivity index (χ1n) is 11.1. The molecule has 8 heteroatoms. The number of likely N-dealkylation sites (N-methyl/N-ethyl adjacent to an activating group) is 1. The van der Waals surface area contributed by atoms with Gasteiger partial charge >= 0.3 is 5.97 Å². The van der Waals surface area contributed by atoms with Crippen LogP contribution in [-0.2, 0) is 16.0 Å². The number of nitrogens with zero attached hydrogens (tertiary/aromatic N) is 2. The van der Waals surface area contributed by atoms with Gasteiger partial charge in [-0.2, -0.15) is 0 Å². The molecule has 0 aromatic heterocycles. The Kier molecular flexibility index (Phi) is 8.57. The number of aliphatic carboxylic acids is 1. The van der Waals surface area contributed by atoms with Crippen molar-refractivity contribution >= 4 is 17.8 Å². The highest BCUT2D eigenvalue weighted by Gasteiger charge is 2.34. The number of amides is 2. The van der Waals surface area contributed by atoms with E-state index in [9.17, 15) is 24.6 Å². The van der Waals surface area contributed by atoms with Crippen LogP contribution in [0, 0.1) is 0 Å². The predicted molar refractivity (Wildman–Crippen MR) is 124 cm³/mol. The van der Waals surface area contributed by atoms with E-state index >= 15 is 0 Å². The fourth-order valence-corrected chi connectivity index (χ4v) is 4.15. The molecule has 0 radical (unpaired) electrons. The van der Waals surface area contributed by atoms with Gasteiger partial charge in [-0.05, 0) is 44.0 Å². The molecule has 8 nitrogen and oxygen atoms in total. The predicted octanol–water partition coefficient (Wildman–Crippen LogP) is 1.40. The van der Waals surface area contributed by atoms with Crippen molar-refractivity contribution in [1.29, 1.82) is 0 Å². The highest BCUT2D eigenvalue weighted by molar-refractivity contribution is 5.94. The number of carbonyl (C=O) groups excluding carboxylic acids is 2. The lowest BCUT2D eigenvalue weighted by Gasteiger charge is -2.29. The van der Waals surface area contributed by atoms with Crippen LogP contribution in [0.1, 0.15) is 28.8 Å². The van der Waals surface area contributed by atoms with Crippen molar-refractivity contribution in [3.63, 3.8) is 0 Å². The molecule has 0 aliphatic carbocycles. The van der Waals surface area contributed by atoms with Crippen LogP contribution in [0.2, 0.25) is 0 Å². The molecule has 1 aliphatic heterocycles. The maximum absolute atomic E-state index is 12.7. The Hall–Kier alpha value is -3.23. The molecule has 3 N–H and O–H groups in total. The summed E-state index contributed by atoms with van der Waals surface area (Å²) in [5, 5.41) is 23.2. The van der Waals surface area contributed by atoms with Gasteiger partial charge in [0.25, 0.3) is 5.91 Å². The Morgan fingerprint density at radius 2 is 1.73 bits per heavy atom. The first kappa shape index (κ1) is 24.4. The molecule has 2 aromatic rings. The van der Waals surface area contributed by atoms with E-state index in [1.165, 1.54) is 4.90 Å². The van der Waals surface area contributed by atoms with Gasteiger partial charge in [0.15, 0.2) is 0 Å². The van der Waals surface area contributed by atoms with Crippen LogP contribution >= 0.6 is 0 Å². The van der Waals surface area contributed by atoms with Crippen LogP contribution in [0.4, 0.5) is 0 Å². The standard InChI is InChI=1S/C25H31N3O5/c1-27(17-23(30)28-14-8-13-21(28)25(32)33)16-22(29)20(15-18-9-4-2-5-10-18)26-24(31)19-11-6-3-7-12-19/h2-7,9-12,20-22,29H,8,13-17H2,1H3,(H,26,31)(H,32,33)/t20?,21-,22?/m0/s1. The molecule has 1 aliphatic rings. The van der Waals surface area contributed by atoms with Crippen LogP contribution in [-0.4, -0.2) is 82.7 Å². The van der Waals surface area contributed by atoms with Gasteiger partial charge in [-0.3, -0.25) is 14.5 Å². The van der Waals surface area contributed by atoms with Crippen molar-refractivity contribution < 1.29 is 24.6 Å². The van der Waals surface area contributed by atoms with E-state index in [4.69, 9.17) is 0 Å². The number of aliphatic hydroxyl groups excluding tert-OH is 1. The number of aliphatic hydroxyl groups is 1. The summed E-state index contributed by atoms with van der Waals surface area (Å²) < 4.78 is 0. The zero-order chi connectivity index (χ0) is 23.8. The average Bonchev–Trinajstić information content (AvgIpc) is 3.30. The Bertz CT molecular complexity index is 938. The SMILES string of the molecule is CN(CC(=O)N1CCC[C@H]1C(=O)O)CC(O)C(Cc1ccccc1)NC(=O)c1ccccc1. The topological polar surface area (TPSA) is 110 Å². The van der Waals surface area contributed by atoms with Gasteiger partial charge in [-0.15, -0.1) is 0 Å². The summed E-state index contributed by atoms with van der Waals surface area (Å²) >= 11 is 0. The highest BCUT2D eigenvalue weighted by Crippen LogP contribution is 2.18. The van der Waals surface area contributed by atoms with Crippen LogP contribution in [0.3, 0.4) is 0 Å². The molecule has 2 aromatic carbocycles. The molecule has 0 saturated carbocycles. The normalized spacial score (nSPS) is 17.5. The highest BCUT2D eigenvalue weighted by atomic mass is 16.4. The molecule has 1 saturated heterocycles. The Balaban J connectivity index is 1.64. The molecule has 0 spiro atoms. The van der Waals surface area contributed by atoms with E-state index < -0.39 is 24.2 Å². The fourth-order valence-electron chi connectivity index (χ4n) is 4.15. The molecule has 176 valence electrons. The van der Waals surface area contributed by atoms with Crippen LogP contribution < -0.4 is 5.32 Å². The minimum absolute atomic E-state index is 0.00840. The largest absolute Gasteiger partial charge is 0.480 e. The maximum atomic E-state index is 12.7. The lowest BCUT2D eigenvalue weighted by Crippen LogP contribution is -2.51. The van der Waals surface area contributed by atoms with E-state index in [1.807, 2.05) is 36.4 Å². The monoisotopic (exact) mass is 453 g/mol. The lowest BCUT2D eigenvalue weighted by molar-refractivity contribution is -0.148. The molecule has 3 rings (SSSR count). The van der Waals surface area contributed by atoms with E-state index in [2.05, 4.69) is 5.32 Å². The zero-order valence-corrected chi connectivity index (χ0v) is 18.8. The van der Waals surface area contributed by atoms with E-state index in [0.717, 1.165) is 5.56 Å². The number of nitrogens with one attached hydrogen (secondary N) is 1. The molecule has 2 amide bonds. The van der Waals surface area contributed by atoms with Crippen LogP contribution in [0.5, 0.6) is 0 Å². The second-order valence-corrected chi connectivity index (χ2v) is 8.48. The Labute approximate surface area is 193 Å². The van der Waals surface area contributed by atoms with Gasteiger partial charge < -0.3 is 20.4 Å². The summed E-state index contributed by atoms with van der Waals surface area (Å²) in [6, 6.07) is 17.0. The average molecular weight is 454 g/mol. The smallest absolute Gasteiger partial charge is 0.326 e. The van der Waals surface area contributed by atoms with Gasteiger partial charge in [0, 0.05) is 18.7 Å². The number of carboxylic acid groups (broad SMARTS) is 1. The minimum atomic E-state index is -0.991. The summed E-state index contributed by atoms with van der Waals surface area (Å²) in [5.41, 5.74) is 1.47. The van der Waals surface area contributed by atoms with E-state index in [0.29, 0.717) is 31.4 Å². The summed E-state index contributed by atoms with van der Waals surface area (Å²) in [6.45, 7) is 0.561. The number of hydrogen-bond donors (Lipinski definition) is 3. The first-order valence-corrected chi connectivity index (χ1v) is 11.1. The molecular formula is C25H31N3O5. The van der Waals surface area contributed by atoms with Crippen molar-refractivity contribution in [3.05, 3.63) is 71.8 Å². The third-order valence-electron chi connectivity index (χ3n) is 5.88. The second-order valence-electron chi connectivity index (χ2n) is 8.48. The molecule has 1 heterocycles. The minimum Gasteiger partial charge on any atom is -0.480 e. The van der Waals surface area contributed by atoms with Crippen LogP contribution in [0.25, 0.3) is 0 Å². The lowest BCUT2D eigenvalue weighted by atomic mass is 10.00. The van der Waals surface area contributed by atoms with Crippen molar-refractivity contribution in [1.82, 2.24) is 15.1 Å². The van der Waals surface area contributed by atoms with Gasteiger partial charge in [-0.1, -0.05) is 48.5 Å². The van der Waals surface area contributed by atoms with Gasteiger partial charge in [0.05, 0.1) is 18.7 Å². The summed E-state index contributed by atoms with van der Waals surface area (Å²) in [5.74, 6) is -1.55. The van der Waals surface area contributed by atoms with Crippen molar-refractivity contribution in [2.24, 2.45) is 0 Å². The van der Waals surface area contributed by atoms with Crippen molar-refractivity contribution in [2.45, 2.75) is 37.5 Å². The van der Waals surface area contributed by atoms with Crippen molar-refractivity contribution in [2.75, 3.05) is 26.7 Å². The van der Waals surface area contributed by atoms with Gasteiger partial charge in [0.1, 0.15) is 6.04 Å².